The quantitative estimate of drug-likeness (QED) is 0.915. The SMILES string of the molecule is CC(C)CC(=O)N1CC(=O)Nc2cc(S(C)(=O)=O)ccc21. The molecule has 0 aliphatic carbocycles. The lowest BCUT2D eigenvalue weighted by Crippen LogP contribution is -2.42. The number of carbonyl (C=O) groups excluding carboxylic acids is 2. The Hall–Kier alpha value is -1.89. The monoisotopic (exact) mass is 310 g/mol. The third-order valence-corrected chi connectivity index (χ3v) is 4.26. The lowest BCUT2D eigenvalue weighted by Gasteiger charge is -2.30. The lowest BCUT2D eigenvalue weighted by atomic mass is 10.1. The molecule has 0 saturated carbocycles. The van der Waals surface area contributed by atoms with Crippen molar-refractivity contribution in [1.82, 2.24) is 0 Å². The first kappa shape index (κ1) is 15.5. The van der Waals surface area contributed by atoms with E-state index in [2.05, 4.69) is 5.32 Å². The van der Waals surface area contributed by atoms with Crippen molar-refractivity contribution in [2.24, 2.45) is 5.92 Å². The van der Waals surface area contributed by atoms with Crippen molar-refractivity contribution in [3.05, 3.63) is 18.2 Å². The van der Waals surface area contributed by atoms with Crippen LogP contribution in [0.4, 0.5) is 11.4 Å². The summed E-state index contributed by atoms with van der Waals surface area (Å²) in [5.41, 5.74) is 0.888. The van der Waals surface area contributed by atoms with Crippen molar-refractivity contribution in [1.29, 1.82) is 0 Å². The maximum Gasteiger partial charge on any atom is 0.244 e. The topological polar surface area (TPSA) is 83.6 Å². The maximum atomic E-state index is 12.2. The van der Waals surface area contributed by atoms with E-state index in [1.54, 1.807) is 6.07 Å². The van der Waals surface area contributed by atoms with Gasteiger partial charge in [-0.25, -0.2) is 8.42 Å². The second-order valence-corrected chi connectivity index (χ2v) is 7.59. The highest BCUT2D eigenvalue weighted by Gasteiger charge is 2.28. The summed E-state index contributed by atoms with van der Waals surface area (Å²) in [7, 11) is -3.37. The summed E-state index contributed by atoms with van der Waals surface area (Å²) in [5, 5.41) is 2.61. The maximum absolute atomic E-state index is 12.2. The summed E-state index contributed by atoms with van der Waals surface area (Å²) in [4.78, 5) is 25.5. The number of hydrogen-bond acceptors (Lipinski definition) is 4. The van der Waals surface area contributed by atoms with Crippen molar-refractivity contribution < 1.29 is 18.0 Å². The Bertz CT molecular complexity index is 695. The second kappa shape index (κ2) is 5.48. The molecular formula is C14H18N2O4S. The van der Waals surface area contributed by atoms with E-state index in [-0.39, 0.29) is 29.2 Å². The van der Waals surface area contributed by atoms with Crippen LogP contribution in [0.15, 0.2) is 23.1 Å². The van der Waals surface area contributed by atoms with Gasteiger partial charge in [-0.05, 0) is 24.1 Å². The average Bonchev–Trinajstić information content (AvgIpc) is 2.34. The van der Waals surface area contributed by atoms with Gasteiger partial charge in [-0.3, -0.25) is 9.59 Å². The van der Waals surface area contributed by atoms with Crippen molar-refractivity contribution in [3.8, 4) is 0 Å². The minimum absolute atomic E-state index is 0.0449. The first-order chi connectivity index (χ1) is 9.68. The van der Waals surface area contributed by atoms with Crippen LogP contribution in [-0.4, -0.2) is 33.0 Å². The van der Waals surface area contributed by atoms with Gasteiger partial charge in [0.1, 0.15) is 6.54 Å². The van der Waals surface area contributed by atoms with Gasteiger partial charge in [-0.1, -0.05) is 13.8 Å². The van der Waals surface area contributed by atoms with E-state index >= 15 is 0 Å². The number of amides is 2. The highest BCUT2D eigenvalue weighted by atomic mass is 32.2. The smallest absolute Gasteiger partial charge is 0.244 e. The minimum Gasteiger partial charge on any atom is -0.323 e. The molecule has 1 aromatic rings. The molecule has 114 valence electrons. The molecule has 0 bridgehead atoms. The number of fused-ring (bicyclic) bond motifs is 1. The fraction of sp³-hybridized carbons (Fsp3) is 0.429. The normalized spacial score (nSPS) is 14.9. The summed E-state index contributed by atoms with van der Waals surface area (Å²) in [6.07, 6.45) is 1.43. The number of nitrogens with one attached hydrogen (secondary N) is 1. The van der Waals surface area contributed by atoms with Gasteiger partial charge in [0.25, 0.3) is 0 Å². The molecule has 0 fully saturated rings. The molecule has 0 saturated heterocycles. The van der Waals surface area contributed by atoms with E-state index in [9.17, 15) is 18.0 Å². The second-order valence-electron chi connectivity index (χ2n) is 5.58. The Morgan fingerprint density at radius 1 is 1.38 bits per heavy atom. The molecule has 2 amide bonds. The third-order valence-electron chi connectivity index (χ3n) is 3.15. The van der Waals surface area contributed by atoms with Gasteiger partial charge < -0.3 is 10.2 Å². The predicted octanol–water partition coefficient (Wildman–Crippen LogP) is 1.42. The molecule has 1 aliphatic heterocycles. The molecule has 0 atom stereocenters. The van der Waals surface area contributed by atoms with E-state index in [0.717, 1.165) is 6.26 Å². The highest BCUT2D eigenvalue weighted by molar-refractivity contribution is 7.90. The van der Waals surface area contributed by atoms with Crippen LogP contribution in [-0.2, 0) is 19.4 Å². The molecular weight excluding hydrogens is 292 g/mol. The van der Waals surface area contributed by atoms with Gasteiger partial charge in [0, 0.05) is 12.7 Å². The van der Waals surface area contributed by atoms with Crippen LogP contribution in [0, 0.1) is 5.92 Å². The zero-order valence-electron chi connectivity index (χ0n) is 12.2. The largest absolute Gasteiger partial charge is 0.323 e. The zero-order chi connectivity index (χ0) is 15.8. The standard InChI is InChI=1S/C14H18N2O4S/c1-9(2)6-14(18)16-8-13(17)15-11-7-10(21(3,19)20)4-5-12(11)16/h4-5,7,9H,6,8H2,1-3H3,(H,15,17). The summed E-state index contributed by atoms with van der Waals surface area (Å²) < 4.78 is 23.1. The summed E-state index contributed by atoms with van der Waals surface area (Å²) in [6, 6.07) is 4.39. The number of anilines is 2. The summed E-state index contributed by atoms with van der Waals surface area (Å²) in [5.74, 6) is -0.292. The average molecular weight is 310 g/mol. The molecule has 0 radical (unpaired) electrons. The number of hydrogen-bond donors (Lipinski definition) is 1. The van der Waals surface area contributed by atoms with E-state index < -0.39 is 9.84 Å². The summed E-state index contributed by atoms with van der Waals surface area (Å²) >= 11 is 0. The van der Waals surface area contributed by atoms with Crippen molar-refractivity contribution in [2.45, 2.75) is 25.2 Å². The molecule has 21 heavy (non-hydrogen) atoms. The molecule has 1 heterocycles. The predicted molar refractivity (Wildman–Crippen MR) is 80.0 cm³/mol. The molecule has 0 aromatic heterocycles. The van der Waals surface area contributed by atoms with Crippen LogP contribution in [0.3, 0.4) is 0 Å². The molecule has 0 spiro atoms. The Labute approximate surface area is 124 Å². The number of rotatable bonds is 3. The minimum atomic E-state index is -3.37. The van der Waals surface area contributed by atoms with E-state index in [1.165, 1.54) is 17.0 Å². The number of sulfone groups is 1. The Morgan fingerprint density at radius 2 is 2.05 bits per heavy atom. The Balaban J connectivity index is 2.43. The van der Waals surface area contributed by atoms with Gasteiger partial charge in [-0.15, -0.1) is 0 Å². The van der Waals surface area contributed by atoms with Gasteiger partial charge in [0.05, 0.1) is 16.3 Å². The molecule has 1 aliphatic rings. The fourth-order valence-electron chi connectivity index (χ4n) is 2.18. The molecule has 1 N–H and O–H groups in total. The van der Waals surface area contributed by atoms with Crippen LogP contribution in [0.25, 0.3) is 0 Å². The fourth-order valence-corrected chi connectivity index (χ4v) is 2.83. The molecule has 2 rings (SSSR count). The lowest BCUT2D eigenvalue weighted by molar-refractivity contribution is -0.122. The number of nitrogens with zero attached hydrogens (tertiary/aromatic N) is 1. The molecule has 1 aromatic carbocycles. The van der Waals surface area contributed by atoms with Crippen LogP contribution in [0.5, 0.6) is 0 Å². The van der Waals surface area contributed by atoms with Gasteiger partial charge in [0.2, 0.25) is 11.8 Å². The van der Waals surface area contributed by atoms with Crippen LogP contribution in [0.2, 0.25) is 0 Å². The molecule has 7 heteroatoms. The molecule has 0 unspecified atom stereocenters. The first-order valence-electron chi connectivity index (χ1n) is 6.63. The zero-order valence-corrected chi connectivity index (χ0v) is 13.0. The summed E-state index contributed by atoms with van der Waals surface area (Å²) in [6.45, 7) is 3.81. The van der Waals surface area contributed by atoms with Gasteiger partial charge in [-0.2, -0.15) is 0 Å². The van der Waals surface area contributed by atoms with Crippen molar-refractivity contribution in [3.63, 3.8) is 0 Å². The first-order valence-corrected chi connectivity index (χ1v) is 8.52. The third kappa shape index (κ3) is 3.41. The van der Waals surface area contributed by atoms with E-state index in [0.29, 0.717) is 17.8 Å². The van der Waals surface area contributed by atoms with Gasteiger partial charge in [0.15, 0.2) is 9.84 Å². The number of benzene rings is 1. The van der Waals surface area contributed by atoms with Crippen LogP contribution in [0.1, 0.15) is 20.3 Å². The molecule has 6 nitrogen and oxygen atoms in total. The van der Waals surface area contributed by atoms with Crippen molar-refractivity contribution >= 4 is 33.0 Å². The number of carbonyl (C=O) groups is 2. The Morgan fingerprint density at radius 3 is 2.62 bits per heavy atom. The Kier molecular flexibility index (Phi) is 4.04. The van der Waals surface area contributed by atoms with Crippen LogP contribution < -0.4 is 10.2 Å². The van der Waals surface area contributed by atoms with Crippen molar-refractivity contribution in [2.75, 3.05) is 23.0 Å². The van der Waals surface area contributed by atoms with E-state index in [1.807, 2.05) is 13.8 Å². The highest BCUT2D eigenvalue weighted by Crippen LogP contribution is 2.32. The van der Waals surface area contributed by atoms with Crippen LogP contribution >= 0.6 is 0 Å². The van der Waals surface area contributed by atoms with Gasteiger partial charge >= 0.3 is 0 Å². The van der Waals surface area contributed by atoms with E-state index in [4.69, 9.17) is 0 Å².